The number of hydrogen-bond donors (Lipinski definition) is 0. The van der Waals surface area contributed by atoms with Crippen LogP contribution in [-0.4, -0.2) is 22.4 Å². The Morgan fingerprint density at radius 2 is 2.22 bits per heavy atom. The number of benzene rings is 1. The number of para-hydroxylation sites is 1. The minimum Gasteiger partial charge on any atom is -0.461 e. The van der Waals surface area contributed by atoms with Crippen LogP contribution in [0.3, 0.4) is 0 Å². The van der Waals surface area contributed by atoms with Crippen molar-refractivity contribution in [2.75, 3.05) is 6.61 Å². The predicted octanol–water partition coefficient (Wildman–Crippen LogP) is 3.40. The van der Waals surface area contributed by atoms with E-state index in [1.165, 1.54) is 17.8 Å². The Morgan fingerprint density at radius 1 is 1.43 bits per heavy atom. The van der Waals surface area contributed by atoms with Gasteiger partial charge in [0.2, 0.25) is 0 Å². The Morgan fingerprint density at radius 3 is 2.96 bits per heavy atom. The lowest BCUT2D eigenvalue weighted by Gasteiger charge is -2.20. The van der Waals surface area contributed by atoms with Crippen molar-refractivity contribution >= 4 is 29.0 Å². The zero-order valence-corrected chi connectivity index (χ0v) is 13.0. The molecule has 23 heavy (non-hydrogen) atoms. The van der Waals surface area contributed by atoms with Crippen molar-refractivity contribution < 1.29 is 14.5 Å². The maximum atomic E-state index is 12.0. The lowest BCUT2D eigenvalue weighted by molar-refractivity contribution is -0.385. The van der Waals surface area contributed by atoms with Crippen LogP contribution in [0.2, 0.25) is 0 Å². The fourth-order valence-corrected chi connectivity index (χ4v) is 3.08. The van der Waals surface area contributed by atoms with E-state index in [0.717, 1.165) is 5.03 Å². The predicted molar refractivity (Wildman–Crippen MR) is 86.8 cm³/mol. The van der Waals surface area contributed by atoms with Crippen LogP contribution in [0.25, 0.3) is 5.57 Å². The van der Waals surface area contributed by atoms with E-state index in [4.69, 9.17) is 4.74 Å². The highest BCUT2D eigenvalue weighted by molar-refractivity contribution is 8.06. The molecule has 3 rings (SSSR count). The van der Waals surface area contributed by atoms with E-state index in [-0.39, 0.29) is 12.3 Å². The summed E-state index contributed by atoms with van der Waals surface area (Å²) in [5, 5.41) is 13.6. The summed E-state index contributed by atoms with van der Waals surface area (Å²) in [5.74, 6) is -0.433. The molecule has 116 valence electrons. The maximum absolute atomic E-state index is 12.0. The van der Waals surface area contributed by atoms with Gasteiger partial charge in [0.15, 0.2) is 0 Å². The summed E-state index contributed by atoms with van der Waals surface area (Å²) in [4.78, 5) is 24.4. The number of nitro groups is 1. The van der Waals surface area contributed by atoms with Gasteiger partial charge in [0.05, 0.1) is 17.1 Å². The Labute approximate surface area is 136 Å². The van der Waals surface area contributed by atoms with Crippen LogP contribution in [0.4, 0.5) is 5.69 Å². The van der Waals surface area contributed by atoms with Crippen LogP contribution < -0.4 is 0 Å². The van der Waals surface area contributed by atoms with Gasteiger partial charge in [-0.3, -0.25) is 15.0 Å². The zero-order chi connectivity index (χ0) is 16.4. The Balaban J connectivity index is 2.00. The molecule has 7 heteroatoms. The van der Waals surface area contributed by atoms with E-state index in [2.05, 4.69) is 5.73 Å². The first kappa shape index (κ1) is 15.1. The number of esters is 1. The maximum Gasteiger partial charge on any atom is 0.355 e. The molecular formula is C16H12N2O4S. The number of nitrogens with zero attached hydrogens (tertiary/aromatic N) is 2. The second-order valence-electron chi connectivity index (χ2n) is 4.66. The van der Waals surface area contributed by atoms with Crippen molar-refractivity contribution in [3.05, 3.63) is 74.1 Å². The molecule has 0 saturated heterocycles. The van der Waals surface area contributed by atoms with Gasteiger partial charge >= 0.3 is 5.97 Å². The number of allylic oxidation sites excluding steroid dienone is 2. The minimum atomic E-state index is -0.433. The number of fused-ring (bicyclic) bond motifs is 1. The molecule has 0 saturated carbocycles. The summed E-state index contributed by atoms with van der Waals surface area (Å²) in [6.45, 7) is 2.02. The van der Waals surface area contributed by atoms with E-state index in [1.807, 2.05) is 0 Å². The summed E-state index contributed by atoms with van der Waals surface area (Å²) >= 11 is 1.36. The molecular weight excluding hydrogens is 316 g/mol. The van der Waals surface area contributed by atoms with Gasteiger partial charge in [0, 0.05) is 23.2 Å². The Hall–Kier alpha value is -2.76. The van der Waals surface area contributed by atoms with Gasteiger partial charge in [0.1, 0.15) is 10.7 Å². The van der Waals surface area contributed by atoms with E-state index in [0.29, 0.717) is 16.8 Å². The number of ether oxygens (including phenoxy) is 1. The van der Waals surface area contributed by atoms with Crippen molar-refractivity contribution in [3.8, 4) is 0 Å². The highest BCUT2D eigenvalue weighted by atomic mass is 32.2. The van der Waals surface area contributed by atoms with E-state index >= 15 is 0 Å². The summed E-state index contributed by atoms with van der Waals surface area (Å²) in [6, 6.07) is 6.47. The van der Waals surface area contributed by atoms with Crippen LogP contribution >= 0.6 is 11.8 Å². The molecule has 0 aromatic heterocycles. The van der Waals surface area contributed by atoms with Crippen molar-refractivity contribution in [2.45, 2.75) is 6.92 Å². The minimum absolute atomic E-state index is 0.00812. The largest absolute Gasteiger partial charge is 0.461 e. The van der Waals surface area contributed by atoms with Crippen molar-refractivity contribution in [1.82, 2.24) is 4.90 Å². The fraction of sp³-hybridized carbons (Fsp3) is 0.125. The molecule has 0 atom stereocenters. The highest BCUT2D eigenvalue weighted by Gasteiger charge is 2.29. The first-order valence-electron chi connectivity index (χ1n) is 6.87. The van der Waals surface area contributed by atoms with Crippen LogP contribution in [0.5, 0.6) is 0 Å². The second kappa shape index (κ2) is 6.16. The van der Waals surface area contributed by atoms with Crippen molar-refractivity contribution in [3.63, 3.8) is 0 Å². The zero-order valence-electron chi connectivity index (χ0n) is 12.2. The molecule has 6 nitrogen and oxygen atoms in total. The van der Waals surface area contributed by atoms with E-state index < -0.39 is 10.9 Å². The Bertz CT molecular complexity index is 819. The normalized spacial score (nSPS) is 15.5. The van der Waals surface area contributed by atoms with Crippen LogP contribution in [0, 0.1) is 10.1 Å². The number of hydrogen-bond acceptors (Lipinski definition) is 6. The number of thioether (sulfide) groups is 1. The molecule has 2 aliphatic heterocycles. The second-order valence-corrected chi connectivity index (χ2v) is 5.52. The molecule has 0 N–H and O–H groups in total. The van der Waals surface area contributed by atoms with Gasteiger partial charge in [-0.25, -0.2) is 4.79 Å². The van der Waals surface area contributed by atoms with Gasteiger partial charge in [-0.2, -0.15) is 0 Å². The summed E-state index contributed by atoms with van der Waals surface area (Å²) in [5.41, 5.74) is 4.52. The SMILES string of the molecule is CCOC(=O)C1=CSC2=C=CC(c3ccccc3[N+](=O)[O-])=CN21. The standard InChI is InChI=1S/C16H12N2O4S/c1-2-22-16(19)14-10-23-15-8-7-11(9-17(14)15)12-5-3-4-6-13(12)18(20)21/h3-7,9-10H,2H2,1H3. The molecule has 0 fully saturated rings. The van der Waals surface area contributed by atoms with E-state index in [9.17, 15) is 14.9 Å². The van der Waals surface area contributed by atoms with Gasteiger partial charge in [-0.15, -0.1) is 0 Å². The summed E-state index contributed by atoms with van der Waals surface area (Å²) < 4.78 is 5.03. The number of carbonyl (C=O) groups is 1. The first-order valence-corrected chi connectivity index (χ1v) is 7.75. The van der Waals surface area contributed by atoms with Gasteiger partial charge in [-0.1, -0.05) is 29.6 Å². The van der Waals surface area contributed by atoms with Gasteiger partial charge < -0.3 is 4.74 Å². The fourth-order valence-electron chi connectivity index (χ4n) is 2.26. The topological polar surface area (TPSA) is 72.7 Å². The van der Waals surface area contributed by atoms with Gasteiger partial charge in [0.25, 0.3) is 5.69 Å². The third-order valence-corrected chi connectivity index (χ3v) is 4.16. The molecule has 1 aromatic carbocycles. The Kier molecular flexibility index (Phi) is 4.06. The van der Waals surface area contributed by atoms with Crippen molar-refractivity contribution in [2.24, 2.45) is 0 Å². The average Bonchev–Trinajstić information content (AvgIpc) is 2.98. The van der Waals surface area contributed by atoms with Crippen LogP contribution in [0.15, 0.2) is 58.4 Å². The smallest absolute Gasteiger partial charge is 0.355 e. The van der Waals surface area contributed by atoms with Crippen LogP contribution in [-0.2, 0) is 9.53 Å². The quantitative estimate of drug-likeness (QED) is 0.365. The summed E-state index contributed by atoms with van der Waals surface area (Å²) in [7, 11) is 0. The molecule has 0 radical (unpaired) electrons. The monoisotopic (exact) mass is 328 g/mol. The van der Waals surface area contributed by atoms with Crippen LogP contribution in [0.1, 0.15) is 12.5 Å². The highest BCUT2D eigenvalue weighted by Crippen LogP contribution is 2.39. The molecule has 0 unspecified atom stereocenters. The molecule has 0 bridgehead atoms. The molecule has 0 spiro atoms. The third kappa shape index (κ3) is 2.79. The molecule has 2 aliphatic rings. The first-order chi connectivity index (χ1) is 11.1. The molecule has 0 aliphatic carbocycles. The van der Waals surface area contributed by atoms with E-state index in [1.54, 1.807) is 47.7 Å². The number of rotatable bonds is 4. The lowest BCUT2D eigenvalue weighted by atomic mass is 10.0. The molecule has 0 amide bonds. The summed E-state index contributed by atoms with van der Waals surface area (Å²) in [6.07, 6.45) is 3.38. The molecule has 2 heterocycles. The number of carbonyl (C=O) groups excluding carboxylic acids is 1. The third-order valence-electron chi connectivity index (χ3n) is 3.28. The van der Waals surface area contributed by atoms with Gasteiger partial charge in [-0.05, 0) is 19.1 Å². The average molecular weight is 328 g/mol. The lowest BCUT2D eigenvalue weighted by Crippen LogP contribution is -2.20. The molecule has 1 aromatic rings. The number of nitro benzene ring substituents is 1. The van der Waals surface area contributed by atoms with Crippen molar-refractivity contribution in [1.29, 1.82) is 0 Å².